The first-order valence-corrected chi connectivity index (χ1v) is 9.81. The maximum absolute atomic E-state index is 13.1. The van der Waals surface area contributed by atoms with E-state index in [0.29, 0.717) is 29.9 Å². The highest BCUT2D eigenvalue weighted by molar-refractivity contribution is 6.35. The van der Waals surface area contributed by atoms with Gasteiger partial charge in [-0.3, -0.25) is 14.4 Å². The first-order chi connectivity index (χ1) is 13.8. The second kappa shape index (κ2) is 7.12. The number of benzene rings is 2. The number of rotatable bonds is 2. The molecule has 0 saturated carbocycles. The molecule has 2 unspecified atom stereocenters. The van der Waals surface area contributed by atoms with E-state index in [2.05, 4.69) is 0 Å². The van der Waals surface area contributed by atoms with E-state index >= 15 is 0 Å². The molecule has 1 fully saturated rings. The molecule has 2 aromatic carbocycles. The van der Waals surface area contributed by atoms with Crippen LogP contribution in [0.5, 0.6) is 0 Å². The van der Waals surface area contributed by atoms with Crippen molar-refractivity contribution < 1.29 is 19.1 Å². The maximum Gasteiger partial charge on any atom is 0.266 e. The zero-order valence-corrected chi connectivity index (χ0v) is 17.1. The van der Waals surface area contributed by atoms with E-state index in [1.165, 1.54) is 4.90 Å². The summed E-state index contributed by atoms with van der Waals surface area (Å²) in [5.41, 5.74) is 3.41. The Morgan fingerprint density at radius 2 is 1.59 bits per heavy atom. The van der Waals surface area contributed by atoms with Crippen LogP contribution in [-0.4, -0.2) is 47.9 Å². The Bertz CT molecular complexity index is 1020. The number of morpholine rings is 1. The Morgan fingerprint density at radius 1 is 0.931 bits per heavy atom. The van der Waals surface area contributed by atoms with Crippen molar-refractivity contribution >= 4 is 23.4 Å². The van der Waals surface area contributed by atoms with Crippen LogP contribution < -0.4 is 4.90 Å². The minimum absolute atomic E-state index is 0.0416. The lowest BCUT2D eigenvalue weighted by atomic mass is 10.0. The molecule has 0 aromatic heterocycles. The molecular formula is C23H24N2O4. The molecule has 2 atom stereocenters. The Hall–Kier alpha value is -2.99. The van der Waals surface area contributed by atoms with E-state index in [-0.39, 0.29) is 29.6 Å². The van der Waals surface area contributed by atoms with Crippen LogP contribution in [0, 0.1) is 13.8 Å². The Kier molecular flexibility index (Phi) is 4.74. The molecule has 0 aliphatic carbocycles. The van der Waals surface area contributed by atoms with Crippen LogP contribution in [-0.2, 0) is 4.74 Å². The van der Waals surface area contributed by atoms with Gasteiger partial charge in [-0.2, -0.15) is 0 Å². The van der Waals surface area contributed by atoms with Crippen molar-refractivity contribution in [1.82, 2.24) is 4.90 Å². The van der Waals surface area contributed by atoms with E-state index in [1.807, 2.05) is 45.9 Å². The molecule has 0 spiro atoms. The third kappa shape index (κ3) is 3.34. The van der Waals surface area contributed by atoms with Crippen LogP contribution in [0.3, 0.4) is 0 Å². The van der Waals surface area contributed by atoms with Gasteiger partial charge in [0.2, 0.25) is 0 Å². The molecule has 6 nitrogen and oxygen atoms in total. The predicted molar refractivity (Wildman–Crippen MR) is 109 cm³/mol. The lowest BCUT2D eigenvalue weighted by Gasteiger charge is -2.35. The van der Waals surface area contributed by atoms with Gasteiger partial charge in [-0.1, -0.05) is 12.1 Å². The maximum atomic E-state index is 13.1. The van der Waals surface area contributed by atoms with Crippen molar-refractivity contribution in [3.8, 4) is 0 Å². The Labute approximate surface area is 170 Å². The SMILES string of the molecule is Cc1ccc(C)c(N2C(=O)c3ccc(C(=O)N4CC(C)OC(C)C4)cc3C2=O)c1. The first-order valence-electron chi connectivity index (χ1n) is 9.81. The first kappa shape index (κ1) is 19.3. The monoisotopic (exact) mass is 392 g/mol. The molecule has 0 radical (unpaired) electrons. The van der Waals surface area contributed by atoms with Gasteiger partial charge in [-0.25, -0.2) is 4.90 Å². The smallest absolute Gasteiger partial charge is 0.266 e. The number of ether oxygens (including phenoxy) is 1. The van der Waals surface area contributed by atoms with E-state index in [0.717, 1.165) is 11.1 Å². The number of hydrogen-bond acceptors (Lipinski definition) is 4. The quantitative estimate of drug-likeness (QED) is 0.735. The van der Waals surface area contributed by atoms with E-state index in [4.69, 9.17) is 4.74 Å². The van der Waals surface area contributed by atoms with Crippen LogP contribution in [0.4, 0.5) is 5.69 Å². The second-order valence-corrected chi connectivity index (χ2v) is 7.96. The summed E-state index contributed by atoms with van der Waals surface area (Å²) in [4.78, 5) is 42.0. The fraction of sp³-hybridized carbons (Fsp3) is 0.348. The van der Waals surface area contributed by atoms with Gasteiger partial charge in [0.1, 0.15) is 0 Å². The minimum atomic E-state index is -0.392. The summed E-state index contributed by atoms with van der Waals surface area (Å²) in [6, 6.07) is 10.4. The van der Waals surface area contributed by atoms with Gasteiger partial charge < -0.3 is 9.64 Å². The van der Waals surface area contributed by atoms with Gasteiger partial charge in [0, 0.05) is 18.7 Å². The molecule has 2 heterocycles. The Morgan fingerprint density at radius 3 is 2.28 bits per heavy atom. The minimum Gasteiger partial charge on any atom is -0.372 e. The van der Waals surface area contributed by atoms with Crippen LogP contribution >= 0.6 is 0 Å². The van der Waals surface area contributed by atoms with Gasteiger partial charge in [-0.15, -0.1) is 0 Å². The van der Waals surface area contributed by atoms with Crippen LogP contribution in [0.1, 0.15) is 56.0 Å². The number of nitrogens with zero attached hydrogens (tertiary/aromatic N) is 2. The van der Waals surface area contributed by atoms with E-state index in [1.54, 1.807) is 23.1 Å². The van der Waals surface area contributed by atoms with Crippen molar-refractivity contribution in [2.75, 3.05) is 18.0 Å². The van der Waals surface area contributed by atoms with Crippen LogP contribution in [0.15, 0.2) is 36.4 Å². The number of fused-ring (bicyclic) bond motifs is 1. The summed E-state index contributed by atoms with van der Waals surface area (Å²) in [7, 11) is 0. The summed E-state index contributed by atoms with van der Waals surface area (Å²) >= 11 is 0. The largest absolute Gasteiger partial charge is 0.372 e. The fourth-order valence-corrected chi connectivity index (χ4v) is 4.08. The molecule has 6 heteroatoms. The number of hydrogen-bond donors (Lipinski definition) is 0. The van der Waals surface area contributed by atoms with Gasteiger partial charge in [0.15, 0.2) is 0 Å². The highest BCUT2D eigenvalue weighted by Crippen LogP contribution is 2.32. The summed E-state index contributed by atoms with van der Waals surface area (Å²) < 4.78 is 5.69. The highest BCUT2D eigenvalue weighted by Gasteiger charge is 2.38. The third-order valence-corrected chi connectivity index (χ3v) is 5.45. The average Bonchev–Trinajstić information content (AvgIpc) is 2.92. The molecule has 0 bridgehead atoms. The average molecular weight is 392 g/mol. The number of aryl methyl sites for hydroxylation is 2. The summed E-state index contributed by atoms with van der Waals surface area (Å²) in [6.45, 7) is 8.66. The van der Waals surface area contributed by atoms with Gasteiger partial charge >= 0.3 is 0 Å². The molecule has 2 aliphatic rings. The van der Waals surface area contributed by atoms with E-state index in [9.17, 15) is 14.4 Å². The number of imide groups is 1. The molecule has 29 heavy (non-hydrogen) atoms. The summed E-state index contributed by atoms with van der Waals surface area (Å²) in [5, 5.41) is 0. The van der Waals surface area contributed by atoms with Crippen LogP contribution in [0.25, 0.3) is 0 Å². The molecule has 150 valence electrons. The molecule has 3 amide bonds. The van der Waals surface area contributed by atoms with Crippen molar-refractivity contribution in [1.29, 1.82) is 0 Å². The van der Waals surface area contributed by atoms with Gasteiger partial charge in [0.05, 0.1) is 29.0 Å². The molecular weight excluding hydrogens is 368 g/mol. The highest BCUT2D eigenvalue weighted by atomic mass is 16.5. The zero-order chi connectivity index (χ0) is 20.9. The van der Waals surface area contributed by atoms with E-state index < -0.39 is 5.91 Å². The molecule has 2 aliphatic heterocycles. The normalized spacial score (nSPS) is 21.5. The van der Waals surface area contributed by atoms with Crippen molar-refractivity contribution in [3.63, 3.8) is 0 Å². The van der Waals surface area contributed by atoms with Gasteiger partial charge in [0.25, 0.3) is 17.7 Å². The third-order valence-electron chi connectivity index (χ3n) is 5.45. The van der Waals surface area contributed by atoms with Crippen LogP contribution in [0.2, 0.25) is 0 Å². The lowest BCUT2D eigenvalue weighted by molar-refractivity contribution is -0.0586. The number of amides is 3. The number of anilines is 1. The molecule has 1 saturated heterocycles. The number of carbonyl (C=O) groups is 3. The van der Waals surface area contributed by atoms with Crippen molar-refractivity contribution in [2.24, 2.45) is 0 Å². The van der Waals surface area contributed by atoms with Crippen molar-refractivity contribution in [3.05, 3.63) is 64.2 Å². The topological polar surface area (TPSA) is 66.9 Å². The molecule has 2 aromatic rings. The van der Waals surface area contributed by atoms with Gasteiger partial charge in [-0.05, 0) is 63.1 Å². The van der Waals surface area contributed by atoms with Crippen molar-refractivity contribution in [2.45, 2.75) is 39.9 Å². The number of carbonyl (C=O) groups excluding carboxylic acids is 3. The standard InChI is InChI=1S/C23H24N2O4/c1-13-5-6-14(2)20(9-13)25-22(27)18-8-7-17(10-19(18)23(25)28)21(26)24-11-15(3)29-16(4)12-24/h5-10,15-16H,11-12H2,1-4H3. The Balaban J connectivity index is 1.67. The second-order valence-electron chi connectivity index (χ2n) is 7.96. The predicted octanol–water partition coefficient (Wildman–Crippen LogP) is 3.35. The fourth-order valence-electron chi connectivity index (χ4n) is 4.08. The molecule has 0 N–H and O–H groups in total. The summed E-state index contributed by atoms with van der Waals surface area (Å²) in [6.07, 6.45) is -0.0831. The summed E-state index contributed by atoms with van der Waals surface area (Å²) in [5.74, 6) is -0.899. The lowest BCUT2D eigenvalue weighted by Crippen LogP contribution is -2.48. The zero-order valence-electron chi connectivity index (χ0n) is 17.1. The molecule has 4 rings (SSSR count).